The molecule has 1 atom stereocenters. The highest BCUT2D eigenvalue weighted by molar-refractivity contribution is 5.29. The minimum Gasteiger partial charge on any atom is -0.338 e. The summed E-state index contributed by atoms with van der Waals surface area (Å²) in [6, 6.07) is 2.57. The molecular weight excluding hydrogens is 262 g/mol. The SMILES string of the molecule is CCCNC(CN1CCN(c2ncccn2)CC1)C1CC1. The van der Waals surface area contributed by atoms with Crippen molar-refractivity contribution in [2.45, 2.75) is 32.2 Å². The van der Waals surface area contributed by atoms with Crippen molar-refractivity contribution in [1.82, 2.24) is 20.2 Å². The first-order valence-electron chi connectivity index (χ1n) is 8.34. The van der Waals surface area contributed by atoms with Crippen molar-refractivity contribution in [3.63, 3.8) is 0 Å². The van der Waals surface area contributed by atoms with E-state index < -0.39 is 0 Å². The second-order valence-corrected chi connectivity index (χ2v) is 6.23. The molecule has 1 N–H and O–H groups in total. The van der Waals surface area contributed by atoms with Gasteiger partial charge in [-0.1, -0.05) is 6.92 Å². The van der Waals surface area contributed by atoms with Crippen LogP contribution in [0.25, 0.3) is 0 Å². The van der Waals surface area contributed by atoms with Gasteiger partial charge in [-0.15, -0.1) is 0 Å². The van der Waals surface area contributed by atoms with Crippen LogP contribution in [0, 0.1) is 5.92 Å². The molecule has 21 heavy (non-hydrogen) atoms. The lowest BCUT2D eigenvalue weighted by Crippen LogP contribution is -2.51. The van der Waals surface area contributed by atoms with E-state index in [0.29, 0.717) is 6.04 Å². The third-order valence-corrected chi connectivity index (χ3v) is 4.51. The van der Waals surface area contributed by atoms with Crippen LogP contribution < -0.4 is 10.2 Å². The lowest BCUT2D eigenvalue weighted by atomic mass is 10.1. The molecule has 1 saturated heterocycles. The molecule has 0 amide bonds. The van der Waals surface area contributed by atoms with Crippen molar-refractivity contribution >= 4 is 5.95 Å². The van der Waals surface area contributed by atoms with Crippen molar-refractivity contribution in [3.05, 3.63) is 18.5 Å². The van der Waals surface area contributed by atoms with E-state index in [4.69, 9.17) is 0 Å². The first kappa shape index (κ1) is 14.7. The number of hydrogen-bond acceptors (Lipinski definition) is 5. The number of piperazine rings is 1. The number of nitrogens with one attached hydrogen (secondary N) is 1. The molecule has 2 heterocycles. The number of anilines is 1. The summed E-state index contributed by atoms with van der Waals surface area (Å²) in [5.74, 6) is 1.80. The summed E-state index contributed by atoms with van der Waals surface area (Å²) in [6.45, 7) is 8.91. The van der Waals surface area contributed by atoms with E-state index >= 15 is 0 Å². The van der Waals surface area contributed by atoms with Gasteiger partial charge in [0.05, 0.1) is 0 Å². The van der Waals surface area contributed by atoms with Gasteiger partial charge < -0.3 is 10.2 Å². The fraction of sp³-hybridized carbons (Fsp3) is 0.750. The third-order valence-electron chi connectivity index (χ3n) is 4.51. The van der Waals surface area contributed by atoms with Crippen molar-refractivity contribution in [2.75, 3.05) is 44.2 Å². The first-order chi connectivity index (χ1) is 10.4. The van der Waals surface area contributed by atoms with E-state index in [0.717, 1.165) is 44.6 Å². The normalized spacial score (nSPS) is 21.5. The summed E-state index contributed by atoms with van der Waals surface area (Å²) in [5, 5.41) is 3.74. The second kappa shape index (κ2) is 7.18. The zero-order chi connectivity index (χ0) is 14.5. The highest BCUT2D eigenvalue weighted by atomic mass is 15.3. The van der Waals surface area contributed by atoms with E-state index in [1.54, 1.807) is 0 Å². The lowest BCUT2D eigenvalue weighted by Gasteiger charge is -2.36. The highest BCUT2D eigenvalue weighted by Gasteiger charge is 2.32. The van der Waals surface area contributed by atoms with Gasteiger partial charge >= 0.3 is 0 Å². The van der Waals surface area contributed by atoms with Gasteiger partial charge in [-0.3, -0.25) is 4.90 Å². The van der Waals surface area contributed by atoms with E-state index in [-0.39, 0.29) is 0 Å². The molecule has 0 bridgehead atoms. The van der Waals surface area contributed by atoms with E-state index in [9.17, 15) is 0 Å². The summed E-state index contributed by atoms with van der Waals surface area (Å²) in [5.41, 5.74) is 0. The van der Waals surface area contributed by atoms with E-state index in [1.165, 1.54) is 25.8 Å². The van der Waals surface area contributed by atoms with Crippen molar-refractivity contribution in [2.24, 2.45) is 5.92 Å². The number of nitrogens with zero attached hydrogens (tertiary/aromatic N) is 4. The van der Waals surface area contributed by atoms with Crippen LogP contribution in [0.2, 0.25) is 0 Å². The molecule has 2 fully saturated rings. The summed E-state index contributed by atoms with van der Waals surface area (Å²) in [7, 11) is 0. The topological polar surface area (TPSA) is 44.3 Å². The molecule has 0 aromatic carbocycles. The van der Waals surface area contributed by atoms with Crippen molar-refractivity contribution in [3.8, 4) is 0 Å². The summed E-state index contributed by atoms with van der Waals surface area (Å²) in [4.78, 5) is 13.6. The van der Waals surface area contributed by atoms with Gasteiger partial charge in [0.2, 0.25) is 5.95 Å². The van der Waals surface area contributed by atoms with Gasteiger partial charge in [0.25, 0.3) is 0 Å². The molecule has 1 aliphatic carbocycles. The van der Waals surface area contributed by atoms with Gasteiger partial charge in [-0.2, -0.15) is 0 Å². The van der Waals surface area contributed by atoms with Crippen LogP contribution in [-0.2, 0) is 0 Å². The van der Waals surface area contributed by atoms with E-state index in [1.807, 2.05) is 18.5 Å². The fourth-order valence-corrected chi connectivity index (χ4v) is 3.07. The van der Waals surface area contributed by atoms with E-state index in [2.05, 4.69) is 32.0 Å². The molecule has 3 rings (SSSR count). The fourth-order valence-electron chi connectivity index (χ4n) is 3.07. The molecule has 1 saturated carbocycles. The largest absolute Gasteiger partial charge is 0.338 e. The Labute approximate surface area is 127 Å². The maximum Gasteiger partial charge on any atom is 0.225 e. The Balaban J connectivity index is 1.46. The van der Waals surface area contributed by atoms with Crippen LogP contribution in [0.1, 0.15) is 26.2 Å². The minimum absolute atomic E-state index is 0.699. The van der Waals surface area contributed by atoms with Crippen LogP contribution in [0.15, 0.2) is 18.5 Å². The molecule has 0 radical (unpaired) electrons. The summed E-state index contributed by atoms with van der Waals surface area (Å²) < 4.78 is 0. The predicted octanol–water partition coefficient (Wildman–Crippen LogP) is 1.38. The highest BCUT2D eigenvalue weighted by Crippen LogP contribution is 2.33. The average molecular weight is 289 g/mol. The predicted molar refractivity (Wildman–Crippen MR) is 85.5 cm³/mol. The second-order valence-electron chi connectivity index (χ2n) is 6.23. The smallest absolute Gasteiger partial charge is 0.225 e. The van der Waals surface area contributed by atoms with Gasteiger partial charge in [0.1, 0.15) is 0 Å². The standard InChI is InChI=1S/C16H27N5/c1-2-6-17-15(14-4-5-14)13-20-9-11-21(12-10-20)16-18-7-3-8-19-16/h3,7-8,14-15,17H,2,4-6,9-13H2,1H3. The monoisotopic (exact) mass is 289 g/mol. The Morgan fingerprint density at radius 3 is 2.52 bits per heavy atom. The summed E-state index contributed by atoms with van der Waals surface area (Å²) in [6.07, 6.45) is 7.71. The van der Waals surface area contributed by atoms with Crippen LogP contribution >= 0.6 is 0 Å². The van der Waals surface area contributed by atoms with Gasteiger partial charge in [0, 0.05) is 51.2 Å². The molecule has 2 aliphatic rings. The molecule has 0 spiro atoms. The Hall–Kier alpha value is -1.20. The van der Waals surface area contributed by atoms with Crippen molar-refractivity contribution < 1.29 is 0 Å². The Morgan fingerprint density at radius 1 is 1.19 bits per heavy atom. The van der Waals surface area contributed by atoms with Crippen LogP contribution in [0.4, 0.5) is 5.95 Å². The zero-order valence-electron chi connectivity index (χ0n) is 13.0. The molecule has 1 aliphatic heterocycles. The Morgan fingerprint density at radius 2 is 1.90 bits per heavy atom. The maximum absolute atomic E-state index is 4.35. The first-order valence-corrected chi connectivity index (χ1v) is 8.34. The van der Waals surface area contributed by atoms with Crippen molar-refractivity contribution in [1.29, 1.82) is 0 Å². The number of rotatable bonds is 7. The molecule has 5 heteroatoms. The average Bonchev–Trinajstić information content (AvgIpc) is 3.38. The molecule has 1 unspecified atom stereocenters. The van der Waals surface area contributed by atoms with Crippen LogP contribution in [0.3, 0.4) is 0 Å². The molecule has 5 nitrogen and oxygen atoms in total. The summed E-state index contributed by atoms with van der Waals surface area (Å²) >= 11 is 0. The Kier molecular flexibility index (Phi) is 5.04. The number of aromatic nitrogens is 2. The number of hydrogen-bond donors (Lipinski definition) is 1. The molecule has 1 aromatic heterocycles. The molecular formula is C16H27N5. The minimum atomic E-state index is 0.699. The van der Waals surface area contributed by atoms with Gasteiger partial charge in [-0.05, 0) is 37.8 Å². The zero-order valence-corrected chi connectivity index (χ0v) is 13.0. The third kappa shape index (κ3) is 4.14. The Bertz CT molecular complexity index is 412. The molecule has 116 valence electrons. The van der Waals surface area contributed by atoms with Crippen LogP contribution in [0.5, 0.6) is 0 Å². The van der Waals surface area contributed by atoms with Gasteiger partial charge in [-0.25, -0.2) is 9.97 Å². The molecule has 1 aromatic rings. The van der Waals surface area contributed by atoms with Crippen LogP contribution in [-0.4, -0.2) is 60.2 Å². The maximum atomic E-state index is 4.35. The quantitative estimate of drug-likeness (QED) is 0.821. The lowest BCUT2D eigenvalue weighted by molar-refractivity contribution is 0.219. The van der Waals surface area contributed by atoms with Gasteiger partial charge in [0.15, 0.2) is 0 Å².